The fraction of sp³-hybridized carbons (Fsp3) is 0.294. The molecule has 3 aromatic rings. The second kappa shape index (κ2) is 7.39. The number of hydrogen-bond acceptors (Lipinski definition) is 5. The lowest BCUT2D eigenvalue weighted by Gasteiger charge is -2.20. The Kier molecular flexibility index (Phi) is 5.05. The van der Waals surface area contributed by atoms with Gasteiger partial charge in [0.05, 0.1) is 4.88 Å². The van der Waals surface area contributed by atoms with Crippen LogP contribution >= 0.6 is 11.3 Å². The minimum atomic E-state index is -0.414. The predicted molar refractivity (Wildman–Crippen MR) is 91.2 cm³/mol. The third-order valence-electron chi connectivity index (χ3n) is 3.46. The Bertz CT molecular complexity index is 778. The summed E-state index contributed by atoms with van der Waals surface area (Å²) >= 11 is 1.51. The zero-order valence-electron chi connectivity index (χ0n) is 13.0. The van der Waals surface area contributed by atoms with Crippen molar-refractivity contribution in [3.63, 3.8) is 0 Å². The molecule has 6 heteroatoms. The van der Waals surface area contributed by atoms with Gasteiger partial charge in [0.1, 0.15) is 6.67 Å². The van der Waals surface area contributed by atoms with Crippen LogP contribution in [-0.4, -0.2) is 21.2 Å². The predicted octanol–water partition coefficient (Wildman–Crippen LogP) is 3.43. The zero-order chi connectivity index (χ0) is 16.1. The van der Waals surface area contributed by atoms with E-state index in [1.807, 2.05) is 35.7 Å². The number of hydrogen-bond donors (Lipinski definition) is 0. The smallest absolute Gasteiger partial charge is 0.387 e. The van der Waals surface area contributed by atoms with E-state index < -0.39 is 5.76 Å². The van der Waals surface area contributed by atoms with Crippen molar-refractivity contribution < 1.29 is 4.42 Å². The number of benzene rings is 1. The number of thiophene rings is 1. The van der Waals surface area contributed by atoms with Gasteiger partial charge in [0.15, 0.2) is 0 Å². The van der Waals surface area contributed by atoms with Crippen molar-refractivity contribution in [3.8, 4) is 10.8 Å². The van der Waals surface area contributed by atoms with E-state index in [0.717, 1.165) is 24.4 Å². The average molecular weight is 329 g/mol. The van der Waals surface area contributed by atoms with Gasteiger partial charge >= 0.3 is 5.76 Å². The molecule has 0 spiro atoms. The summed E-state index contributed by atoms with van der Waals surface area (Å²) in [4.78, 5) is 15.1. The van der Waals surface area contributed by atoms with Gasteiger partial charge in [-0.25, -0.2) is 4.79 Å². The van der Waals surface area contributed by atoms with E-state index in [1.54, 1.807) is 0 Å². The minimum Gasteiger partial charge on any atom is -0.387 e. The van der Waals surface area contributed by atoms with E-state index in [-0.39, 0.29) is 0 Å². The Balaban J connectivity index is 1.76. The molecule has 0 aliphatic rings. The summed E-state index contributed by atoms with van der Waals surface area (Å²) in [7, 11) is 0. The highest BCUT2D eigenvalue weighted by molar-refractivity contribution is 7.13. The van der Waals surface area contributed by atoms with Crippen LogP contribution < -0.4 is 5.76 Å². The molecule has 0 aliphatic carbocycles. The molecule has 0 saturated heterocycles. The lowest BCUT2D eigenvalue weighted by molar-refractivity contribution is 0.192. The Morgan fingerprint density at radius 3 is 2.74 bits per heavy atom. The van der Waals surface area contributed by atoms with Crippen LogP contribution in [0.15, 0.2) is 57.1 Å². The molecule has 0 bridgehead atoms. The Hall–Kier alpha value is -2.18. The molecule has 0 fully saturated rings. The van der Waals surface area contributed by atoms with Crippen LogP contribution in [0.2, 0.25) is 0 Å². The maximum Gasteiger partial charge on any atom is 0.438 e. The van der Waals surface area contributed by atoms with Gasteiger partial charge in [0, 0.05) is 6.54 Å². The van der Waals surface area contributed by atoms with Crippen LogP contribution in [0.3, 0.4) is 0 Å². The topological polar surface area (TPSA) is 51.3 Å². The highest BCUT2D eigenvalue weighted by atomic mass is 32.1. The van der Waals surface area contributed by atoms with E-state index in [9.17, 15) is 4.79 Å². The molecule has 2 aromatic heterocycles. The first-order valence-electron chi connectivity index (χ1n) is 7.64. The van der Waals surface area contributed by atoms with Crippen molar-refractivity contribution in [3.05, 3.63) is 64.0 Å². The van der Waals surface area contributed by atoms with Crippen LogP contribution in [0.1, 0.15) is 18.9 Å². The highest BCUT2D eigenvalue weighted by Gasteiger charge is 2.14. The van der Waals surface area contributed by atoms with Crippen LogP contribution in [0.25, 0.3) is 10.8 Å². The quantitative estimate of drug-likeness (QED) is 0.666. The standard InChI is InChI=1S/C17H19N3O2S/c1-2-10-19(12-14-7-4-3-5-8-14)13-20-17(21)22-16(18-20)15-9-6-11-23-15/h3-9,11H,2,10,12-13H2,1H3. The summed E-state index contributed by atoms with van der Waals surface area (Å²) < 4.78 is 6.66. The second-order valence-corrected chi connectivity index (χ2v) is 6.28. The van der Waals surface area contributed by atoms with E-state index >= 15 is 0 Å². The third kappa shape index (κ3) is 3.97. The van der Waals surface area contributed by atoms with E-state index in [4.69, 9.17) is 4.42 Å². The van der Waals surface area contributed by atoms with E-state index in [1.165, 1.54) is 21.6 Å². The zero-order valence-corrected chi connectivity index (χ0v) is 13.8. The Morgan fingerprint density at radius 1 is 1.22 bits per heavy atom. The first-order chi connectivity index (χ1) is 11.3. The molecule has 0 aliphatic heterocycles. The van der Waals surface area contributed by atoms with Crippen molar-refractivity contribution in [2.75, 3.05) is 6.54 Å². The fourth-order valence-electron chi connectivity index (χ4n) is 2.44. The molecular weight excluding hydrogens is 310 g/mol. The van der Waals surface area contributed by atoms with Gasteiger partial charge in [-0.15, -0.1) is 16.4 Å². The number of aromatic nitrogens is 2. The van der Waals surface area contributed by atoms with Gasteiger partial charge < -0.3 is 4.42 Å². The van der Waals surface area contributed by atoms with Crippen molar-refractivity contribution in [2.45, 2.75) is 26.6 Å². The van der Waals surface area contributed by atoms with E-state index in [2.05, 4.69) is 29.1 Å². The van der Waals surface area contributed by atoms with Crippen molar-refractivity contribution >= 4 is 11.3 Å². The summed E-state index contributed by atoms with van der Waals surface area (Å²) in [5.41, 5.74) is 1.22. The summed E-state index contributed by atoms with van der Waals surface area (Å²) in [5.74, 6) is -0.0243. The molecule has 2 heterocycles. The van der Waals surface area contributed by atoms with Crippen LogP contribution in [-0.2, 0) is 13.2 Å². The van der Waals surface area contributed by atoms with Gasteiger partial charge in [-0.1, -0.05) is 43.3 Å². The first kappa shape index (κ1) is 15.7. The van der Waals surface area contributed by atoms with Crippen LogP contribution in [0.5, 0.6) is 0 Å². The van der Waals surface area contributed by atoms with Crippen LogP contribution in [0.4, 0.5) is 0 Å². The maximum absolute atomic E-state index is 12.0. The maximum atomic E-state index is 12.0. The normalized spacial score (nSPS) is 11.2. The molecule has 5 nitrogen and oxygen atoms in total. The van der Waals surface area contributed by atoms with Gasteiger partial charge in [-0.2, -0.15) is 4.68 Å². The van der Waals surface area contributed by atoms with E-state index in [0.29, 0.717) is 12.6 Å². The number of rotatable bonds is 7. The summed E-state index contributed by atoms with van der Waals surface area (Å²) in [6, 6.07) is 14.0. The monoisotopic (exact) mass is 329 g/mol. The van der Waals surface area contributed by atoms with Crippen molar-refractivity contribution in [1.29, 1.82) is 0 Å². The van der Waals surface area contributed by atoms with Gasteiger partial charge in [-0.05, 0) is 30.0 Å². The largest absolute Gasteiger partial charge is 0.438 e. The summed E-state index contributed by atoms with van der Waals surface area (Å²) in [5, 5.41) is 6.26. The lowest BCUT2D eigenvalue weighted by Crippen LogP contribution is -2.31. The molecule has 23 heavy (non-hydrogen) atoms. The first-order valence-corrected chi connectivity index (χ1v) is 8.52. The Labute approximate surface area is 138 Å². The Morgan fingerprint density at radius 2 is 2.04 bits per heavy atom. The molecule has 0 unspecified atom stereocenters. The average Bonchev–Trinajstić information content (AvgIpc) is 3.19. The molecule has 0 N–H and O–H groups in total. The second-order valence-electron chi connectivity index (χ2n) is 5.33. The van der Waals surface area contributed by atoms with Crippen LogP contribution in [0, 0.1) is 0 Å². The molecule has 0 atom stereocenters. The molecule has 0 amide bonds. The van der Waals surface area contributed by atoms with Gasteiger partial charge in [0.2, 0.25) is 0 Å². The summed E-state index contributed by atoms with van der Waals surface area (Å²) in [6.45, 7) is 4.22. The van der Waals surface area contributed by atoms with Gasteiger partial charge in [0.25, 0.3) is 5.89 Å². The minimum absolute atomic E-state index is 0.390. The summed E-state index contributed by atoms with van der Waals surface area (Å²) in [6.07, 6.45) is 1.01. The molecule has 0 radical (unpaired) electrons. The highest BCUT2D eigenvalue weighted by Crippen LogP contribution is 2.21. The molecule has 120 valence electrons. The van der Waals surface area contributed by atoms with Gasteiger partial charge in [-0.3, -0.25) is 4.90 Å². The fourth-order valence-corrected chi connectivity index (χ4v) is 3.09. The van der Waals surface area contributed by atoms with Crippen molar-refractivity contribution in [2.24, 2.45) is 0 Å². The molecule has 1 aromatic carbocycles. The number of nitrogens with zero attached hydrogens (tertiary/aromatic N) is 3. The lowest BCUT2D eigenvalue weighted by atomic mass is 10.2. The third-order valence-corrected chi connectivity index (χ3v) is 4.32. The molecule has 3 rings (SSSR count). The molecular formula is C17H19N3O2S. The van der Waals surface area contributed by atoms with Crippen molar-refractivity contribution in [1.82, 2.24) is 14.7 Å². The molecule has 0 saturated carbocycles. The SMILES string of the molecule is CCCN(Cc1ccccc1)Cn1nc(-c2cccs2)oc1=O.